The van der Waals surface area contributed by atoms with Crippen LogP contribution in [0.2, 0.25) is 0 Å². The number of nitrogens with zero attached hydrogens (tertiary/aromatic N) is 3. The molecule has 0 bridgehead atoms. The van der Waals surface area contributed by atoms with Crippen LogP contribution in [0.4, 0.5) is 11.6 Å². The average molecular weight is 293 g/mol. The van der Waals surface area contributed by atoms with E-state index in [-0.39, 0.29) is 0 Å². The fourth-order valence-electron chi connectivity index (χ4n) is 2.67. The molecule has 1 aliphatic heterocycles. The van der Waals surface area contributed by atoms with Crippen LogP contribution >= 0.6 is 0 Å². The van der Waals surface area contributed by atoms with Crippen molar-refractivity contribution in [3.63, 3.8) is 0 Å². The number of hydrogen-bond acceptors (Lipinski definition) is 6. The van der Waals surface area contributed by atoms with Crippen molar-refractivity contribution in [1.29, 1.82) is 0 Å². The van der Waals surface area contributed by atoms with Gasteiger partial charge in [-0.1, -0.05) is 0 Å². The van der Waals surface area contributed by atoms with Gasteiger partial charge in [-0.15, -0.1) is 0 Å². The van der Waals surface area contributed by atoms with Crippen LogP contribution in [-0.2, 0) is 11.3 Å². The van der Waals surface area contributed by atoms with Crippen LogP contribution in [0.1, 0.15) is 32.5 Å². The van der Waals surface area contributed by atoms with Crippen LogP contribution < -0.4 is 10.6 Å². The second-order valence-electron chi connectivity index (χ2n) is 5.71. The molecule has 1 aliphatic rings. The first-order valence-corrected chi connectivity index (χ1v) is 7.70. The maximum absolute atomic E-state index is 5.15. The Kier molecular flexibility index (Phi) is 5.76. The molecule has 2 N–H and O–H groups in total. The van der Waals surface area contributed by atoms with E-state index in [2.05, 4.69) is 46.4 Å². The molecule has 1 fully saturated rings. The van der Waals surface area contributed by atoms with Gasteiger partial charge < -0.3 is 20.3 Å². The lowest BCUT2D eigenvalue weighted by atomic mass is 9.99. The number of piperidine rings is 1. The summed E-state index contributed by atoms with van der Waals surface area (Å²) >= 11 is 0. The zero-order valence-corrected chi connectivity index (χ0v) is 13.5. The normalized spacial score (nSPS) is 23.0. The lowest BCUT2D eigenvalue weighted by Gasteiger charge is -2.35. The summed E-state index contributed by atoms with van der Waals surface area (Å²) in [6, 6.07) is 3.05. The maximum Gasteiger partial charge on any atom is 0.158 e. The van der Waals surface area contributed by atoms with Gasteiger partial charge in [0.1, 0.15) is 18.2 Å². The summed E-state index contributed by atoms with van der Waals surface area (Å²) in [6.45, 7) is 6.72. The van der Waals surface area contributed by atoms with E-state index in [4.69, 9.17) is 4.74 Å². The fourth-order valence-corrected chi connectivity index (χ4v) is 2.67. The Morgan fingerprint density at radius 2 is 2.14 bits per heavy atom. The van der Waals surface area contributed by atoms with E-state index < -0.39 is 0 Å². The van der Waals surface area contributed by atoms with Gasteiger partial charge in [0, 0.05) is 38.3 Å². The molecule has 2 unspecified atom stereocenters. The molecule has 1 aromatic rings. The maximum atomic E-state index is 5.15. The van der Waals surface area contributed by atoms with Crippen LogP contribution in [0.15, 0.2) is 6.07 Å². The van der Waals surface area contributed by atoms with Gasteiger partial charge in [0.2, 0.25) is 0 Å². The van der Waals surface area contributed by atoms with Gasteiger partial charge in [-0.2, -0.15) is 0 Å². The van der Waals surface area contributed by atoms with E-state index in [1.54, 1.807) is 7.11 Å². The lowest BCUT2D eigenvalue weighted by Crippen LogP contribution is -2.42. The van der Waals surface area contributed by atoms with Crippen molar-refractivity contribution >= 4 is 11.6 Å². The molecular weight excluding hydrogens is 266 g/mol. The van der Waals surface area contributed by atoms with Crippen molar-refractivity contribution in [2.75, 3.05) is 37.9 Å². The molecule has 0 saturated carbocycles. The molecule has 1 saturated heterocycles. The first-order valence-electron chi connectivity index (χ1n) is 7.70. The third-order valence-electron chi connectivity index (χ3n) is 3.96. The van der Waals surface area contributed by atoms with E-state index in [0.29, 0.717) is 24.5 Å². The molecule has 21 heavy (non-hydrogen) atoms. The molecule has 2 atom stereocenters. The molecular formula is C15H27N5O. The quantitative estimate of drug-likeness (QED) is 0.836. The Balaban J connectivity index is 2.07. The van der Waals surface area contributed by atoms with Gasteiger partial charge in [0.25, 0.3) is 0 Å². The molecule has 2 heterocycles. The topological polar surface area (TPSA) is 62.3 Å². The summed E-state index contributed by atoms with van der Waals surface area (Å²) < 4.78 is 5.15. The van der Waals surface area contributed by atoms with Gasteiger partial charge in [-0.25, -0.2) is 9.97 Å². The molecule has 0 aromatic carbocycles. The third-order valence-corrected chi connectivity index (χ3v) is 3.96. The summed E-state index contributed by atoms with van der Waals surface area (Å²) in [5, 5.41) is 6.80. The van der Waals surface area contributed by atoms with Gasteiger partial charge >= 0.3 is 0 Å². The number of rotatable bonds is 6. The van der Waals surface area contributed by atoms with Crippen LogP contribution in [0.25, 0.3) is 0 Å². The molecule has 0 radical (unpaired) electrons. The van der Waals surface area contributed by atoms with Crippen LogP contribution in [0, 0.1) is 0 Å². The fraction of sp³-hybridized carbons (Fsp3) is 0.733. The van der Waals surface area contributed by atoms with Gasteiger partial charge in [-0.3, -0.25) is 0 Å². The molecule has 2 rings (SSSR count). The second-order valence-corrected chi connectivity index (χ2v) is 5.71. The van der Waals surface area contributed by atoms with Crippen molar-refractivity contribution in [3.05, 3.63) is 11.9 Å². The largest absolute Gasteiger partial charge is 0.377 e. The first-order chi connectivity index (χ1) is 10.1. The first kappa shape index (κ1) is 16.0. The molecule has 118 valence electrons. The van der Waals surface area contributed by atoms with Gasteiger partial charge in [0.05, 0.1) is 0 Å². The van der Waals surface area contributed by atoms with Crippen molar-refractivity contribution in [1.82, 2.24) is 14.9 Å². The zero-order chi connectivity index (χ0) is 15.2. The Hall–Kier alpha value is -1.40. The van der Waals surface area contributed by atoms with Gasteiger partial charge in [-0.05, 0) is 33.7 Å². The van der Waals surface area contributed by atoms with Gasteiger partial charge in [0.15, 0.2) is 5.82 Å². The highest BCUT2D eigenvalue weighted by molar-refractivity contribution is 5.48. The Morgan fingerprint density at radius 3 is 2.81 bits per heavy atom. The molecule has 0 amide bonds. The highest BCUT2D eigenvalue weighted by Gasteiger charge is 2.23. The Labute approximate surface area is 127 Å². The zero-order valence-electron chi connectivity index (χ0n) is 13.5. The number of hydrogen-bond donors (Lipinski definition) is 2. The van der Waals surface area contributed by atoms with Crippen LogP contribution in [0.3, 0.4) is 0 Å². The number of aromatic nitrogens is 2. The predicted molar refractivity (Wildman–Crippen MR) is 85.6 cm³/mol. The summed E-state index contributed by atoms with van der Waals surface area (Å²) in [7, 11) is 3.85. The monoisotopic (exact) mass is 293 g/mol. The standard InChI is InChI=1S/C15H27N5O/c1-5-16-13-9-14(19-15(18-13)10-21-4)17-12-6-7-20(3)11(2)8-12/h9,11-12H,5-8,10H2,1-4H3,(H2,16,17,18,19). The molecule has 6 nitrogen and oxygen atoms in total. The van der Waals surface area contributed by atoms with Crippen molar-refractivity contribution in [2.24, 2.45) is 0 Å². The predicted octanol–water partition coefficient (Wildman–Crippen LogP) is 1.95. The minimum atomic E-state index is 0.428. The molecule has 0 aliphatic carbocycles. The molecule has 0 spiro atoms. The Morgan fingerprint density at radius 1 is 1.38 bits per heavy atom. The minimum Gasteiger partial charge on any atom is -0.377 e. The summed E-state index contributed by atoms with van der Waals surface area (Å²) in [6.07, 6.45) is 2.28. The summed E-state index contributed by atoms with van der Waals surface area (Å²) in [4.78, 5) is 11.4. The van der Waals surface area contributed by atoms with Crippen LogP contribution in [-0.4, -0.2) is 54.2 Å². The molecule has 1 aromatic heterocycles. The summed E-state index contributed by atoms with van der Waals surface area (Å²) in [5.74, 6) is 2.44. The minimum absolute atomic E-state index is 0.428. The van der Waals surface area contributed by atoms with Crippen LogP contribution in [0.5, 0.6) is 0 Å². The van der Waals surface area contributed by atoms with E-state index >= 15 is 0 Å². The number of likely N-dealkylation sites (tertiary alicyclic amines) is 1. The smallest absolute Gasteiger partial charge is 0.158 e. The van der Waals surface area contributed by atoms with E-state index in [1.165, 1.54) is 0 Å². The lowest BCUT2D eigenvalue weighted by molar-refractivity contribution is 0.177. The highest BCUT2D eigenvalue weighted by Crippen LogP contribution is 2.20. The third kappa shape index (κ3) is 4.54. The number of methoxy groups -OCH3 is 1. The SMILES string of the molecule is CCNc1cc(NC2CCN(C)C(C)C2)nc(COC)n1. The highest BCUT2D eigenvalue weighted by atomic mass is 16.5. The number of anilines is 2. The van der Waals surface area contributed by atoms with Crippen molar-refractivity contribution < 1.29 is 4.74 Å². The van der Waals surface area contributed by atoms with E-state index in [1.807, 2.05) is 6.07 Å². The Bertz CT molecular complexity index is 429. The molecule has 6 heteroatoms. The summed E-state index contributed by atoms with van der Waals surface area (Å²) in [5.41, 5.74) is 0. The average Bonchev–Trinajstić information content (AvgIpc) is 2.43. The van der Waals surface area contributed by atoms with Crippen molar-refractivity contribution in [2.45, 2.75) is 45.4 Å². The van der Waals surface area contributed by atoms with E-state index in [9.17, 15) is 0 Å². The number of nitrogens with one attached hydrogen (secondary N) is 2. The number of ether oxygens (including phenoxy) is 1. The van der Waals surface area contributed by atoms with Crippen molar-refractivity contribution in [3.8, 4) is 0 Å². The van der Waals surface area contributed by atoms with E-state index in [0.717, 1.165) is 37.6 Å². The second kappa shape index (κ2) is 7.56.